The van der Waals surface area contributed by atoms with Crippen molar-refractivity contribution < 1.29 is 9.53 Å². The number of thiophene rings is 1. The molecule has 118 valence electrons. The maximum absolute atomic E-state index is 12.6. The minimum atomic E-state index is -0.137. The van der Waals surface area contributed by atoms with Crippen LogP contribution in [0.25, 0.3) is 10.2 Å². The molecule has 0 unspecified atom stereocenters. The SMILES string of the molecule is Cc1sc2ncn(CC(=O)N3CCO[C@@H](C)C3)c(=O)c2c1C. The molecular formula is C15H19N3O3S. The van der Waals surface area contributed by atoms with E-state index in [1.807, 2.05) is 20.8 Å². The maximum Gasteiger partial charge on any atom is 0.262 e. The lowest BCUT2D eigenvalue weighted by Gasteiger charge is -2.31. The standard InChI is InChI=1S/C15H19N3O3S/c1-9-6-17(4-5-21-9)12(19)7-18-8-16-14-13(15(18)20)10(2)11(3)22-14/h8-9H,4-7H2,1-3H3/t9-/m0/s1. The highest BCUT2D eigenvalue weighted by Gasteiger charge is 2.22. The number of ether oxygens (including phenoxy) is 1. The van der Waals surface area contributed by atoms with Crippen LogP contribution in [0.5, 0.6) is 0 Å². The smallest absolute Gasteiger partial charge is 0.262 e. The molecule has 1 saturated heterocycles. The second-order valence-electron chi connectivity index (χ2n) is 5.66. The van der Waals surface area contributed by atoms with Crippen LogP contribution in [-0.4, -0.2) is 46.2 Å². The van der Waals surface area contributed by atoms with Crippen molar-refractivity contribution in [3.05, 3.63) is 27.1 Å². The minimum absolute atomic E-state index is 0.0306. The first kappa shape index (κ1) is 15.2. The summed E-state index contributed by atoms with van der Waals surface area (Å²) in [7, 11) is 0. The van der Waals surface area contributed by atoms with Crippen molar-refractivity contribution in [3.8, 4) is 0 Å². The van der Waals surface area contributed by atoms with E-state index >= 15 is 0 Å². The molecule has 2 aromatic heterocycles. The summed E-state index contributed by atoms with van der Waals surface area (Å²) in [5, 5.41) is 0.633. The Kier molecular flexibility index (Phi) is 4.01. The van der Waals surface area contributed by atoms with Gasteiger partial charge in [0.25, 0.3) is 5.56 Å². The van der Waals surface area contributed by atoms with Crippen molar-refractivity contribution in [1.29, 1.82) is 0 Å². The summed E-state index contributed by atoms with van der Waals surface area (Å²) in [6.45, 7) is 7.56. The van der Waals surface area contributed by atoms with Crippen molar-refractivity contribution >= 4 is 27.5 Å². The number of aromatic nitrogens is 2. The Bertz CT molecular complexity index is 780. The van der Waals surface area contributed by atoms with Gasteiger partial charge in [0, 0.05) is 18.0 Å². The number of hydrogen-bond donors (Lipinski definition) is 0. The first-order valence-corrected chi connectivity index (χ1v) is 8.13. The van der Waals surface area contributed by atoms with E-state index in [2.05, 4.69) is 4.98 Å². The maximum atomic E-state index is 12.6. The Morgan fingerprint density at radius 2 is 2.27 bits per heavy atom. The van der Waals surface area contributed by atoms with Crippen molar-refractivity contribution in [2.24, 2.45) is 0 Å². The van der Waals surface area contributed by atoms with Gasteiger partial charge in [0.2, 0.25) is 5.91 Å². The molecular weight excluding hydrogens is 302 g/mol. The van der Waals surface area contributed by atoms with E-state index in [0.717, 1.165) is 15.3 Å². The molecule has 0 aliphatic carbocycles. The van der Waals surface area contributed by atoms with Gasteiger partial charge in [-0.05, 0) is 26.3 Å². The Morgan fingerprint density at radius 3 is 3.00 bits per heavy atom. The minimum Gasteiger partial charge on any atom is -0.375 e. The van der Waals surface area contributed by atoms with Crippen LogP contribution in [0.15, 0.2) is 11.1 Å². The summed E-state index contributed by atoms with van der Waals surface area (Å²) in [5.74, 6) is -0.0667. The second kappa shape index (κ2) is 5.81. The number of nitrogens with zero attached hydrogens (tertiary/aromatic N) is 3. The summed E-state index contributed by atoms with van der Waals surface area (Å²) in [5.41, 5.74) is 0.820. The summed E-state index contributed by atoms with van der Waals surface area (Å²) in [6, 6.07) is 0. The molecule has 3 rings (SSSR count). The molecule has 2 aromatic rings. The van der Waals surface area contributed by atoms with Gasteiger partial charge in [-0.3, -0.25) is 14.2 Å². The summed E-state index contributed by atoms with van der Waals surface area (Å²) < 4.78 is 6.84. The van der Waals surface area contributed by atoms with Crippen LogP contribution in [0.1, 0.15) is 17.4 Å². The fourth-order valence-corrected chi connectivity index (χ4v) is 3.66. The molecule has 0 radical (unpaired) electrons. The van der Waals surface area contributed by atoms with Crippen molar-refractivity contribution in [3.63, 3.8) is 0 Å². The highest BCUT2D eigenvalue weighted by atomic mass is 32.1. The lowest BCUT2D eigenvalue weighted by atomic mass is 10.2. The van der Waals surface area contributed by atoms with Crippen molar-refractivity contribution in [2.45, 2.75) is 33.4 Å². The topological polar surface area (TPSA) is 64.4 Å². The van der Waals surface area contributed by atoms with E-state index in [1.165, 1.54) is 22.2 Å². The predicted octanol–water partition coefficient (Wildman–Crippen LogP) is 1.32. The molecule has 1 atom stereocenters. The largest absolute Gasteiger partial charge is 0.375 e. The molecule has 1 aliphatic heterocycles. The van der Waals surface area contributed by atoms with E-state index in [1.54, 1.807) is 4.90 Å². The number of rotatable bonds is 2. The zero-order valence-electron chi connectivity index (χ0n) is 13.0. The molecule has 0 N–H and O–H groups in total. The highest BCUT2D eigenvalue weighted by Crippen LogP contribution is 2.25. The number of morpholine rings is 1. The molecule has 7 heteroatoms. The normalized spacial score (nSPS) is 18.9. The van der Waals surface area contributed by atoms with Crippen LogP contribution in [-0.2, 0) is 16.1 Å². The number of amides is 1. The molecule has 0 aromatic carbocycles. The number of hydrogen-bond acceptors (Lipinski definition) is 5. The van der Waals surface area contributed by atoms with Crippen LogP contribution < -0.4 is 5.56 Å². The van der Waals surface area contributed by atoms with Gasteiger partial charge in [-0.15, -0.1) is 11.3 Å². The third-order valence-corrected chi connectivity index (χ3v) is 5.17. The summed E-state index contributed by atoms with van der Waals surface area (Å²) >= 11 is 1.51. The Balaban J connectivity index is 1.88. The van der Waals surface area contributed by atoms with E-state index in [-0.39, 0.29) is 24.1 Å². The van der Waals surface area contributed by atoms with E-state index in [0.29, 0.717) is 25.1 Å². The van der Waals surface area contributed by atoms with Gasteiger partial charge in [-0.25, -0.2) is 4.98 Å². The van der Waals surface area contributed by atoms with Gasteiger partial charge in [-0.1, -0.05) is 0 Å². The average Bonchev–Trinajstić information content (AvgIpc) is 2.78. The quantitative estimate of drug-likeness (QED) is 0.837. The summed E-state index contributed by atoms with van der Waals surface area (Å²) in [4.78, 5) is 32.9. The van der Waals surface area contributed by atoms with Gasteiger partial charge in [0.15, 0.2) is 0 Å². The zero-order valence-corrected chi connectivity index (χ0v) is 13.8. The van der Waals surface area contributed by atoms with Crippen LogP contribution in [0, 0.1) is 13.8 Å². The Labute approximate surface area is 132 Å². The van der Waals surface area contributed by atoms with Gasteiger partial charge >= 0.3 is 0 Å². The Hall–Kier alpha value is -1.73. The molecule has 1 amide bonds. The van der Waals surface area contributed by atoms with Gasteiger partial charge in [0.1, 0.15) is 11.4 Å². The zero-order chi connectivity index (χ0) is 15.9. The monoisotopic (exact) mass is 321 g/mol. The first-order valence-electron chi connectivity index (χ1n) is 7.32. The third-order valence-electron chi connectivity index (χ3n) is 4.06. The fraction of sp³-hybridized carbons (Fsp3) is 0.533. The third kappa shape index (κ3) is 2.66. The lowest BCUT2D eigenvalue weighted by molar-refractivity contribution is -0.138. The number of aryl methyl sites for hydroxylation is 2. The van der Waals surface area contributed by atoms with Crippen molar-refractivity contribution in [2.75, 3.05) is 19.7 Å². The summed E-state index contributed by atoms with van der Waals surface area (Å²) in [6.07, 6.45) is 1.51. The second-order valence-corrected chi connectivity index (χ2v) is 6.87. The molecule has 6 nitrogen and oxygen atoms in total. The molecule has 3 heterocycles. The Morgan fingerprint density at radius 1 is 1.50 bits per heavy atom. The van der Waals surface area contributed by atoms with Crippen LogP contribution in [0.4, 0.5) is 0 Å². The highest BCUT2D eigenvalue weighted by molar-refractivity contribution is 7.18. The number of carbonyl (C=O) groups is 1. The van der Waals surface area contributed by atoms with Crippen LogP contribution in [0.2, 0.25) is 0 Å². The molecule has 1 fully saturated rings. The molecule has 0 bridgehead atoms. The van der Waals surface area contributed by atoms with E-state index < -0.39 is 0 Å². The molecule has 1 aliphatic rings. The van der Waals surface area contributed by atoms with Crippen LogP contribution in [0.3, 0.4) is 0 Å². The van der Waals surface area contributed by atoms with Crippen LogP contribution >= 0.6 is 11.3 Å². The van der Waals surface area contributed by atoms with Gasteiger partial charge in [0.05, 0.1) is 24.4 Å². The average molecular weight is 321 g/mol. The van der Waals surface area contributed by atoms with E-state index in [4.69, 9.17) is 4.74 Å². The number of fused-ring (bicyclic) bond motifs is 1. The first-order chi connectivity index (χ1) is 10.5. The van der Waals surface area contributed by atoms with Gasteiger partial charge in [-0.2, -0.15) is 0 Å². The van der Waals surface area contributed by atoms with Crippen molar-refractivity contribution in [1.82, 2.24) is 14.5 Å². The molecule has 0 spiro atoms. The predicted molar refractivity (Wildman–Crippen MR) is 85.3 cm³/mol. The molecule has 22 heavy (non-hydrogen) atoms. The van der Waals surface area contributed by atoms with Gasteiger partial charge < -0.3 is 9.64 Å². The lowest BCUT2D eigenvalue weighted by Crippen LogP contribution is -2.46. The molecule has 0 saturated carbocycles. The number of carbonyl (C=O) groups excluding carboxylic acids is 1. The fourth-order valence-electron chi connectivity index (χ4n) is 2.67. The van der Waals surface area contributed by atoms with E-state index in [9.17, 15) is 9.59 Å².